The van der Waals surface area contributed by atoms with Gasteiger partial charge in [0.2, 0.25) is 0 Å². The summed E-state index contributed by atoms with van der Waals surface area (Å²) in [6, 6.07) is 1.84. The van der Waals surface area contributed by atoms with Crippen molar-refractivity contribution in [2.75, 3.05) is 5.32 Å². The van der Waals surface area contributed by atoms with E-state index in [-0.39, 0.29) is 18.2 Å². The minimum absolute atomic E-state index is 0.235. The van der Waals surface area contributed by atoms with E-state index in [0.29, 0.717) is 25.3 Å². The first-order valence-corrected chi connectivity index (χ1v) is 6.63. The van der Waals surface area contributed by atoms with E-state index in [1.165, 1.54) is 0 Å². The molecule has 0 amide bonds. The highest BCUT2D eigenvalue weighted by Gasteiger charge is 2.32. The number of hydrogen-bond donors (Lipinski definition) is 2. The summed E-state index contributed by atoms with van der Waals surface area (Å²) in [5.74, 6) is -2.24. The Bertz CT molecular complexity index is 530. The standard InChI is InChI=1S/C14H15F4NO2/c15-11-5-4-9(14(16,17)18)7-12(11)19-10-3-1-2-8(6-10)13(20)21/h4-5,7-8,10,19H,1-3,6H2,(H,20,21). The number of halogens is 4. The predicted octanol–water partition coefficient (Wildman–Crippen LogP) is 3.90. The van der Waals surface area contributed by atoms with Gasteiger partial charge in [-0.1, -0.05) is 6.42 Å². The van der Waals surface area contributed by atoms with Gasteiger partial charge in [-0.3, -0.25) is 4.79 Å². The van der Waals surface area contributed by atoms with E-state index in [9.17, 15) is 22.4 Å². The van der Waals surface area contributed by atoms with E-state index in [1.54, 1.807) is 0 Å². The van der Waals surface area contributed by atoms with Crippen LogP contribution < -0.4 is 5.32 Å². The lowest BCUT2D eigenvalue weighted by Crippen LogP contribution is -2.31. The molecule has 1 aromatic carbocycles. The van der Waals surface area contributed by atoms with Crippen LogP contribution in [-0.2, 0) is 11.0 Å². The lowest BCUT2D eigenvalue weighted by Gasteiger charge is -2.28. The fourth-order valence-corrected chi connectivity index (χ4v) is 2.58. The molecule has 1 aliphatic rings. The van der Waals surface area contributed by atoms with Crippen molar-refractivity contribution >= 4 is 11.7 Å². The lowest BCUT2D eigenvalue weighted by molar-refractivity contribution is -0.143. The van der Waals surface area contributed by atoms with Gasteiger partial charge in [0.25, 0.3) is 0 Å². The summed E-state index contributed by atoms with van der Waals surface area (Å²) < 4.78 is 51.5. The van der Waals surface area contributed by atoms with Gasteiger partial charge in [0.15, 0.2) is 0 Å². The van der Waals surface area contributed by atoms with E-state index in [4.69, 9.17) is 5.11 Å². The molecular formula is C14H15F4NO2. The van der Waals surface area contributed by atoms with Crippen molar-refractivity contribution < 1.29 is 27.5 Å². The molecule has 2 atom stereocenters. The maximum absolute atomic E-state index is 13.6. The molecule has 0 heterocycles. The van der Waals surface area contributed by atoms with Crippen LogP contribution in [0.15, 0.2) is 18.2 Å². The lowest BCUT2D eigenvalue weighted by atomic mass is 9.85. The maximum Gasteiger partial charge on any atom is 0.416 e. The van der Waals surface area contributed by atoms with Crippen molar-refractivity contribution in [1.29, 1.82) is 0 Å². The summed E-state index contributed by atoms with van der Waals surface area (Å²) in [4.78, 5) is 11.0. The van der Waals surface area contributed by atoms with Gasteiger partial charge >= 0.3 is 12.1 Å². The number of hydrogen-bond acceptors (Lipinski definition) is 2. The predicted molar refractivity (Wildman–Crippen MR) is 68.4 cm³/mol. The average Bonchev–Trinajstić information content (AvgIpc) is 2.40. The molecule has 1 saturated carbocycles. The fraction of sp³-hybridized carbons (Fsp3) is 0.500. The van der Waals surface area contributed by atoms with Crippen molar-refractivity contribution in [1.82, 2.24) is 0 Å². The zero-order chi connectivity index (χ0) is 15.6. The Hall–Kier alpha value is -1.79. The van der Waals surface area contributed by atoms with Gasteiger partial charge in [0.1, 0.15) is 5.82 Å². The second kappa shape index (κ2) is 5.91. The van der Waals surface area contributed by atoms with Crippen molar-refractivity contribution in [3.63, 3.8) is 0 Å². The molecule has 0 aromatic heterocycles. The Morgan fingerprint density at radius 1 is 1.29 bits per heavy atom. The molecular weight excluding hydrogens is 290 g/mol. The highest BCUT2D eigenvalue weighted by atomic mass is 19.4. The number of carbonyl (C=O) groups is 1. The van der Waals surface area contributed by atoms with E-state index in [1.807, 2.05) is 0 Å². The second-order valence-corrected chi connectivity index (χ2v) is 5.24. The van der Waals surface area contributed by atoms with E-state index >= 15 is 0 Å². The van der Waals surface area contributed by atoms with E-state index in [0.717, 1.165) is 12.1 Å². The highest BCUT2D eigenvalue weighted by molar-refractivity contribution is 5.70. The van der Waals surface area contributed by atoms with Crippen LogP contribution >= 0.6 is 0 Å². The molecule has 2 unspecified atom stereocenters. The molecule has 7 heteroatoms. The van der Waals surface area contributed by atoms with Crippen LogP contribution in [0.1, 0.15) is 31.2 Å². The SMILES string of the molecule is O=C(O)C1CCCC(Nc2cc(C(F)(F)F)ccc2F)C1. The zero-order valence-electron chi connectivity index (χ0n) is 11.1. The van der Waals surface area contributed by atoms with Crippen molar-refractivity contribution in [2.24, 2.45) is 5.92 Å². The molecule has 21 heavy (non-hydrogen) atoms. The molecule has 2 N–H and O–H groups in total. The topological polar surface area (TPSA) is 49.3 Å². The van der Waals surface area contributed by atoms with Crippen molar-refractivity contribution in [3.8, 4) is 0 Å². The fourth-order valence-electron chi connectivity index (χ4n) is 2.58. The van der Waals surface area contributed by atoms with Crippen LogP contribution in [0.5, 0.6) is 0 Å². The highest BCUT2D eigenvalue weighted by Crippen LogP contribution is 2.33. The molecule has 2 rings (SSSR count). The summed E-state index contributed by atoms with van der Waals surface area (Å²) in [6.45, 7) is 0. The Balaban J connectivity index is 2.13. The van der Waals surface area contributed by atoms with Gasteiger partial charge in [-0.25, -0.2) is 4.39 Å². The molecule has 116 valence electrons. The van der Waals surface area contributed by atoms with Crippen molar-refractivity contribution in [2.45, 2.75) is 37.9 Å². The first-order chi connectivity index (χ1) is 9.77. The third-order valence-corrected chi connectivity index (χ3v) is 3.68. The number of rotatable bonds is 3. The Morgan fingerprint density at radius 2 is 2.00 bits per heavy atom. The Labute approximate surface area is 119 Å². The smallest absolute Gasteiger partial charge is 0.416 e. The van der Waals surface area contributed by atoms with Crippen LogP contribution in [0.2, 0.25) is 0 Å². The first-order valence-electron chi connectivity index (χ1n) is 6.63. The van der Waals surface area contributed by atoms with Crippen LogP contribution in [-0.4, -0.2) is 17.1 Å². The molecule has 1 aromatic rings. The first kappa shape index (κ1) is 15.6. The van der Waals surface area contributed by atoms with Crippen molar-refractivity contribution in [3.05, 3.63) is 29.6 Å². The summed E-state index contributed by atoms with van der Waals surface area (Å²) in [6.07, 6.45) is -2.46. The normalized spacial score (nSPS) is 22.9. The van der Waals surface area contributed by atoms with Crippen LogP contribution in [0.4, 0.5) is 23.2 Å². The molecule has 1 fully saturated rings. The van der Waals surface area contributed by atoms with Crippen LogP contribution in [0.25, 0.3) is 0 Å². The summed E-state index contributed by atoms with van der Waals surface area (Å²) >= 11 is 0. The third-order valence-electron chi connectivity index (χ3n) is 3.68. The number of carboxylic acid groups (broad SMARTS) is 1. The third kappa shape index (κ3) is 3.86. The summed E-state index contributed by atoms with van der Waals surface area (Å²) in [5, 5.41) is 11.7. The number of nitrogens with one attached hydrogen (secondary N) is 1. The zero-order valence-corrected chi connectivity index (χ0v) is 11.1. The van der Waals surface area contributed by atoms with Crippen LogP contribution in [0, 0.1) is 11.7 Å². The second-order valence-electron chi connectivity index (χ2n) is 5.24. The van der Waals surface area contributed by atoms with Gasteiger partial charge in [0, 0.05) is 6.04 Å². The molecule has 0 bridgehead atoms. The van der Waals surface area contributed by atoms with Crippen LogP contribution in [0.3, 0.4) is 0 Å². The minimum Gasteiger partial charge on any atom is -0.481 e. The van der Waals surface area contributed by atoms with Gasteiger partial charge < -0.3 is 10.4 Å². The van der Waals surface area contributed by atoms with Gasteiger partial charge in [-0.15, -0.1) is 0 Å². The number of benzene rings is 1. The quantitative estimate of drug-likeness (QED) is 0.833. The minimum atomic E-state index is -4.54. The maximum atomic E-state index is 13.6. The number of carboxylic acids is 1. The largest absolute Gasteiger partial charge is 0.481 e. The molecule has 0 saturated heterocycles. The number of alkyl halides is 3. The monoisotopic (exact) mass is 305 g/mol. The Kier molecular flexibility index (Phi) is 4.39. The van der Waals surface area contributed by atoms with E-state index in [2.05, 4.69) is 5.32 Å². The molecule has 1 aliphatic carbocycles. The molecule has 0 aliphatic heterocycles. The Morgan fingerprint density at radius 3 is 2.62 bits per heavy atom. The number of anilines is 1. The summed E-state index contributed by atoms with van der Waals surface area (Å²) in [7, 11) is 0. The molecule has 3 nitrogen and oxygen atoms in total. The van der Waals surface area contributed by atoms with Gasteiger partial charge in [-0.2, -0.15) is 13.2 Å². The number of aliphatic carboxylic acids is 1. The molecule has 0 spiro atoms. The summed E-state index contributed by atoms with van der Waals surface area (Å²) in [5.41, 5.74) is -1.17. The van der Waals surface area contributed by atoms with E-state index < -0.39 is 29.4 Å². The van der Waals surface area contributed by atoms with Gasteiger partial charge in [0.05, 0.1) is 17.2 Å². The molecule has 0 radical (unpaired) electrons. The van der Waals surface area contributed by atoms with Gasteiger partial charge in [-0.05, 0) is 37.5 Å². The average molecular weight is 305 g/mol.